The van der Waals surface area contributed by atoms with Gasteiger partial charge in [-0.1, -0.05) is 29.8 Å². The number of nitrogens with one attached hydrogen (secondary N) is 2. The zero-order valence-corrected chi connectivity index (χ0v) is 23.2. The summed E-state index contributed by atoms with van der Waals surface area (Å²) in [7, 11) is -2.68. The van der Waals surface area contributed by atoms with Crippen LogP contribution < -0.4 is 15.6 Å². The number of nitrogens with zero attached hydrogens (tertiary/aromatic N) is 2. The second kappa shape index (κ2) is 11.6. The molecule has 1 aliphatic heterocycles. The molecule has 1 aromatic heterocycles. The SMILES string of the molecule is Cc1c(NS(=O)(=O)c2ccc(Cl)c(C(=O)OC(C)C(=O)NCC3CCCO3)c2)c(=O)n(-c2ccccc2)n1C. The van der Waals surface area contributed by atoms with Gasteiger partial charge >= 0.3 is 5.97 Å². The topological polar surface area (TPSA) is 138 Å². The van der Waals surface area contributed by atoms with Gasteiger partial charge in [0.15, 0.2) is 6.10 Å². The molecule has 2 unspecified atom stereocenters. The lowest BCUT2D eigenvalue weighted by atomic mass is 10.2. The molecule has 2 atom stereocenters. The monoisotopic (exact) mass is 576 g/mol. The minimum atomic E-state index is -4.32. The number of esters is 1. The van der Waals surface area contributed by atoms with E-state index in [4.69, 9.17) is 21.1 Å². The van der Waals surface area contributed by atoms with Crippen LogP contribution in [0.1, 0.15) is 35.8 Å². The van der Waals surface area contributed by atoms with Crippen molar-refractivity contribution in [2.45, 2.75) is 43.8 Å². The van der Waals surface area contributed by atoms with E-state index in [9.17, 15) is 22.8 Å². The molecule has 4 rings (SSSR count). The summed E-state index contributed by atoms with van der Waals surface area (Å²) < 4.78 is 42.4. The lowest BCUT2D eigenvalue weighted by Crippen LogP contribution is -2.39. The molecule has 1 amide bonds. The highest BCUT2D eigenvalue weighted by atomic mass is 35.5. The standard InChI is InChI=1S/C26H29ClN4O7S/c1-16-23(25(33)31(30(16)3)18-8-5-4-6-9-18)29-39(35,36)20-11-12-22(27)21(14-20)26(34)38-17(2)24(32)28-15-19-10-7-13-37-19/h4-6,8-9,11-12,14,17,19,29H,7,10,13,15H2,1-3H3,(H,28,32). The van der Waals surface area contributed by atoms with Crippen molar-refractivity contribution >= 4 is 39.2 Å². The molecule has 0 bridgehead atoms. The Balaban J connectivity index is 1.52. The van der Waals surface area contributed by atoms with Crippen molar-refractivity contribution < 1.29 is 27.5 Å². The number of benzene rings is 2. The van der Waals surface area contributed by atoms with Crippen LogP contribution in [0.25, 0.3) is 5.69 Å². The minimum absolute atomic E-state index is 0.0618. The highest BCUT2D eigenvalue weighted by Gasteiger charge is 2.26. The van der Waals surface area contributed by atoms with Gasteiger partial charge in [0.25, 0.3) is 21.5 Å². The molecule has 0 saturated carbocycles. The predicted octanol–water partition coefficient (Wildman–Crippen LogP) is 2.78. The molecular weight excluding hydrogens is 548 g/mol. The van der Waals surface area contributed by atoms with Crippen LogP contribution in [0.3, 0.4) is 0 Å². The van der Waals surface area contributed by atoms with Crippen LogP contribution in [0, 0.1) is 6.92 Å². The van der Waals surface area contributed by atoms with E-state index in [0.717, 1.165) is 18.9 Å². The van der Waals surface area contributed by atoms with Crippen molar-refractivity contribution in [3.8, 4) is 5.69 Å². The Morgan fingerprint density at radius 1 is 1.21 bits per heavy atom. The number of para-hydroxylation sites is 1. The van der Waals surface area contributed by atoms with Crippen LogP contribution in [0.15, 0.2) is 58.2 Å². The first kappa shape index (κ1) is 28.4. The molecule has 2 heterocycles. The lowest BCUT2D eigenvalue weighted by Gasteiger charge is -2.16. The molecule has 39 heavy (non-hydrogen) atoms. The van der Waals surface area contributed by atoms with Crippen LogP contribution in [0.4, 0.5) is 5.69 Å². The van der Waals surface area contributed by atoms with Crippen molar-refractivity contribution in [1.82, 2.24) is 14.7 Å². The van der Waals surface area contributed by atoms with Gasteiger partial charge in [-0.05, 0) is 57.0 Å². The number of carbonyl (C=O) groups is 2. The third-order valence-corrected chi connectivity index (χ3v) is 8.12. The molecule has 1 fully saturated rings. The Hall–Kier alpha value is -3.61. The van der Waals surface area contributed by atoms with Crippen molar-refractivity contribution in [1.29, 1.82) is 0 Å². The second-order valence-corrected chi connectivity index (χ2v) is 11.2. The van der Waals surface area contributed by atoms with Gasteiger partial charge in [-0.3, -0.25) is 19.0 Å². The summed E-state index contributed by atoms with van der Waals surface area (Å²) >= 11 is 6.16. The molecule has 208 valence electrons. The number of amides is 1. The molecule has 3 aromatic rings. The first-order valence-corrected chi connectivity index (χ1v) is 14.1. The van der Waals surface area contributed by atoms with E-state index in [1.165, 1.54) is 28.4 Å². The quantitative estimate of drug-likeness (QED) is 0.374. The summed E-state index contributed by atoms with van der Waals surface area (Å²) in [6.45, 7) is 3.94. The van der Waals surface area contributed by atoms with E-state index in [0.29, 0.717) is 24.5 Å². The third-order valence-electron chi connectivity index (χ3n) is 6.44. The Bertz CT molecular complexity index is 1540. The zero-order chi connectivity index (χ0) is 28.3. The summed E-state index contributed by atoms with van der Waals surface area (Å²) in [6.07, 6.45) is 0.523. The fourth-order valence-electron chi connectivity index (χ4n) is 4.15. The van der Waals surface area contributed by atoms with Crippen LogP contribution in [-0.2, 0) is 31.3 Å². The van der Waals surface area contributed by atoms with Crippen LogP contribution in [-0.4, -0.2) is 55.0 Å². The van der Waals surface area contributed by atoms with E-state index in [-0.39, 0.29) is 27.3 Å². The number of halogens is 1. The van der Waals surface area contributed by atoms with Crippen LogP contribution in [0.5, 0.6) is 0 Å². The first-order chi connectivity index (χ1) is 18.5. The van der Waals surface area contributed by atoms with E-state index >= 15 is 0 Å². The summed E-state index contributed by atoms with van der Waals surface area (Å²) in [5, 5.41) is 2.61. The van der Waals surface area contributed by atoms with E-state index in [1.54, 1.807) is 44.3 Å². The first-order valence-electron chi connectivity index (χ1n) is 12.3. The van der Waals surface area contributed by atoms with Gasteiger partial charge in [-0.2, -0.15) is 0 Å². The predicted molar refractivity (Wildman–Crippen MR) is 145 cm³/mol. The molecule has 13 heteroatoms. The highest BCUT2D eigenvalue weighted by Crippen LogP contribution is 2.24. The number of sulfonamides is 1. The van der Waals surface area contributed by atoms with Gasteiger partial charge in [-0.25, -0.2) is 17.9 Å². The van der Waals surface area contributed by atoms with Gasteiger partial charge in [0.2, 0.25) is 0 Å². The van der Waals surface area contributed by atoms with Crippen molar-refractivity contribution in [2.75, 3.05) is 17.9 Å². The summed E-state index contributed by atoms with van der Waals surface area (Å²) in [4.78, 5) is 38.0. The average molecular weight is 577 g/mol. The summed E-state index contributed by atoms with van der Waals surface area (Å²) in [6, 6.07) is 12.2. The Kier molecular flexibility index (Phi) is 8.48. The molecular formula is C26H29ClN4O7S. The number of rotatable bonds is 9. The maximum Gasteiger partial charge on any atom is 0.340 e. The molecule has 2 N–H and O–H groups in total. The van der Waals surface area contributed by atoms with Crippen molar-refractivity contribution in [2.24, 2.45) is 7.05 Å². The lowest BCUT2D eigenvalue weighted by molar-refractivity contribution is -0.129. The average Bonchev–Trinajstić information content (AvgIpc) is 3.50. The number of anilines is 1. The molecule has 11 nitrogen and oxygen atoms in total. The highest BCUT2D eigenvalue weighted by molar-refractivity contribution is 7.92. The maximum absolute atomic E-state index is 13.3. The zero-order valence-electron chi connectivity index (χ0n) is 21.6. The Labute approximate surface area is 230 Å². The molecule has 0 radical (unpaired) electrons. The second-order valence-electron chi connectivity index (χ2n) is 9.11. The molecule has 0 spiro atoms. The molecule has 1 saturated heterocycles. The van der Waals surface area contributed by atoms with Gasteiger partial charge in [0, 0.05) is 20.2 Å². The number of hydrogen-bond acceptors (Lipinski definition) is 7. The van der Waals surface area contributed by atoms with Crippen LogP contribution >= 0.6 is 11.6 Å². The van der Waals surface area contributed by atoms with Crippen molar-refractivity contribution in [3.63, 3.8) is 0 Å². The van der Waals surface area contributed by atoms with Gasteiger partial charge in [0.05, 0.1) is 33.0 Å². The summed E-state index contributed by atoms with van der Waals surface area (Å²) in [5.74, 6) is -1.49. The Morgan fingerprint density at radius 3 is 2.59 bits per heavy atom. The normalized spacial score (nSPS) is 16.1. The fraction of sp³-hybridized carbons (Fsp3) is 0.346. The Morgan fingerprint density at radius 2 is 1.92 bits per heavy atom. The maximum atomic E-state index is 13.3. The van der Waals surface area contributed by atoms with Crippen molar-refractivity contribution in [3.05, 3.63) is 75.2 Å². The van der Waals surface area contributed by atoms with E-state index in [1.807, 2.05) is 0 Å². The fourth-order valence-corrected chi connectivity index (χ4v) is 5.48. The number of ether oxygens (including phenoxy) is 2. The molecule has 1 aliphatic rings. The third kappa shape index (κ3) is 6.18. The van der Waals surface area contributed by atoms with Crippen LogP contribution in [0.2, 0.25) is 5.02 Å². The smallest absolute Gasteiger partial charge is 0.340 e. The largest absolute Gasteiger partial charge is 0.449 e. The minimum Gasteiger partial charge on any atom is -0.449 e. The number of carbonyl (C=O) groups excluding carboxylic acids is 2. The number of aromatic nitrogens is 2. The van der Waals surface area contributed by atoms with Gasteiger partial charge in [-0.15, -0.1) is 0 Å². The van der Waals surface area contributed by atoms with Gasteiger partial charge in [0.1, 0.15) is 5.69 Å². The molecule has 2 aromatic carbocycles. The summed E-state index contributed by atoms with van der Waals surface area (Å²) in [5.41, 5.74) is -0.0177. The van der Waals surface area contributed by atoms with Gasteiger partial charge < -0.3 is 14.8 Å². The molecule has 0 aliphatic carbocycles. The van der Waals surface area contributed by atoms with E-state index < -0.39 is 33.6 Å². The van der Waals surface area contributed by atoms with E-state index in [2.05, 4.69) is 10.0 Å². The number of hydrogen-bond donors (Lipinski definition) is 2.